The van der Waals surface area contributed by atoms with Crippen LogP contribution in [-0.2, 0) is 16.0 Å². The van der Waals surface area contributed by atoms with Crippen molar-refractivity contribution in [2.75, 3.05) is 6.54 Å². The van der Waals surface area contributed by atoms with Gasteiger partial charge < -0.3 is 19.0 Å². The number of carbonyl (C=O) groups is 2. The molecular formula is C27H26BrN5O6. The van der Waals surface area contributed by atoms with Crippen molar-refractivity contribution in [1.29, 1.82) is 0 Å². The van der Waals surface area contributed by atoms with Crippen molar-refractivity contribution in [3.63, 3.8) is 0 Å². The summed E-state index contributed by atoms with van der Waals surface area (Å²) in [5.41, 5.74) is 2.14. The molecule has 2 N–H and O–H groups in total. The molecule has 2 aromatic carbocycles. The molecule has 12 heteroatoms. The fraction of sp³-hybridized carbons (Fsp3) is 0.370. The number of aromatic amines is 1. The van der Waals surface area contributed by atoms with E-state index in [1.807, 2.05) is 42.5 Å². The van der Waals surface area contributed by atoms with Crippen molar-refractivity contribution < 1.29 is 28.6 Å². The van der Waals surface area contributed by atoms with E-state index in [0.717, 1.165) is 52.2 Å². The van der Waals surface area contributed by atoms with Crippen LogP contribution in [-0.4, -0.2) is 61.1 Å². The lowest BCUT2D eigenvalue weighted by molar-refractivity contribution is -0.0365. The minimum atomic E-state index is -1.33. The number of carbonyl (C=O) groups excluding carboxylic acids is 1. The molecule has 6 rings (SSSR count). The SMILES string of the molecule is O=C(O)OC1(CN(Cc2ccc3oc(-c4ccccc4-c4nn[nH]n4)c(Br)c3c2)C(=O)OC2CC2)CCCC1. The van der Waals surface area contributed by atoms with Crippen molar-refractivity contribution in [2.45, 2.75) is 56.8 Å². The Labute approximate surface area is 231 Å². The lowest BCUT2D eigenvalue weighted by Gasteiger charge is -2.33. The number of fused-ring (bicyclic) bond motifs is 1. The molecule has 2 heterocycles. The zero-order chi connectivity index (χ0) is 27.0. The van der Waals surface area contributed by atoms with E-state index >= 15 is 0 Å². The molecular weight excluding hydrogens is 570 g/mol. The van der Waals surface area contributed by atoms with E-state index in [0.29, 0.717) is 30.0 Å². The number of nitrogens with one attached hydrogen (secondary N) is 1. The van der Waals surface area contributed by atoms with Gasteiger partial charge in [0.15, 0.2) is 0 Å². The molecule has 2 saturated carbocycles. The summed E-state index contributed by atoms with van der Waals surface area (Å²) in [7, 11) is 0. The van der Waals surface area contributed by atoms with E-state index in [1.165, 1.54) is 0 Å². The van der Waals surface area contributed by atoms with Crippen LogP contribution in [0.2, 0.25) is 0 Å². The van der Waals surface area contributed by atoms with E-state index in [1.54, 1.807) is 4.90 Å². The van der Waals surface area contributed by atoms with Gasteiger partial charge in [-0.2, -0.15) is 5.21 Å². The van der Waals surface area contributed by atoms with Crippen LogP contribution in [0.1, 0.15) is 44.1 Å². The fourth-order valence-corrected chi connectivity index (χ4v) is 5.80. The highest BCUT2D eigenvalue weighted by Crippen LogP contribution is 2.42. The van der Waals surface area contributed by atoms with Gasteiger partial charge in [0.1, 0.15) is 23.0 Å². The number of rotatable bonds is 8. The molecule has 2 fully saturated rings. The van der Waals surface area contributed by atoms with Gasteiger partial charge in [-0.3, -0.25) is 4.90 Å². The Kier molecular flexibility index (Phi) is 6.71. The van der Waals surface area contributed by atoms with Crippen molar-refractivity contribution in [2.24, 2.45) is 0 Å². The second kappa shape index (κ2) is 10.3. The quantitative estimate of drug-likeness (QED) is 0.229. The number of H-pyrrole nitrogens is 1. The molecule has 2 aliphatic rings. The van der Waals surface area contributed by atoms with Gasteiger partial charge in [0.05, 0.1) is 11.0 Å². The molecule has 4 aromatic rings. The maximum Gasteiger partial charge on any atom is 0.506 e. The Morgan fingerprint density at radius 1 is 1.15 bits per heavy atom. The summed E-state index contributed by atoms with van der Waals surface area (Å²) < 4.78 is 18.0. The first kappa shape index (κ1) is 25.4. The predicted molar refractivity (Wildman–Crippen MR) is 143 cm³/mol. The number of hydrogen-bond acceptors (Lipinski definition) is 8. The maximum absolute atomic E-state index is 13.1. The van der Waals surface area contributed by atoms with Crippen molar-refractivity contribution in [1.82, 2.24) is 25.5 Å². The molecule has 0 saturated heterocycles. The van der Waals surface area contributed by atoms with Gasteiger partial charge in [-0.05, 0) is 77.4 Å². The van der Waals surface area contributed by atoms with Gasteiger partial charge in [-0.15, -0.1) is 10.2 Å². The lowest BCUT2D eigenvalue weighted by Crippen LogP contribution is -2.46. The third kappa shape index (κ3) is 5.33. The molecule has 2 aromatic heterocycles. The zero-order valence-electron chi connectivity index (χ0n) is 20.9. The fourth-order valence-electron chi connectivity index (χ4n) is 5.19. The number of ether oxygens (including phenoxy) is 2. The van der Waals surface area contributed by atoms with Crippen LogP contribution in [0.15, 0.2) is 51.4 Å². The molecule has 2 aliphatic carbocycles. The van der Waals surface area contributed by atoms with Crippen LogP contribution >= 0.6 is 15.9 Å². The molecule has 0 bridgehead atoms. The normalized spacial score (nSPS) is 16.3. The van der Waals surface area contributed by atoms with E-state index < -0.39 is 17.8 Å². The molecule has 1 amide bonds. The number of benzene rings is 2. The lowest BCUT2D eigenvalue weighted by atomic mass is 10.0. The minimum Gasteiger partial charge on any atom is -0.455 e. The highest BCUT2D eigenvalue weighted by molar-refractivity contribution is 9.10. The molecule has 11 nitrogen and oxygen atoms in total. The molecule has 0 atom stereocenters. The van der Waals surface area contributed by atoms with E-state index in [4.69, 9.17) is 13.9 Å². The third-order valence-corrected chi connectivity index (χ3v) is 7.96. The van der Waals surface area contributed by atoms with Gasteiger partial charge in [-0.1, -0.05) is 30.3 Å². The highest BCUT2D eigenvalue weighted by atomic mass is 79.9. The molecule has 202 valence electrons. The Morgan fingerprint density at radius 2 is 1.92 bits per heavy atom. The standard InChI is InChI=1S/C27H26BrN5O6/c28-22-20-13-16(7-10-21(20)38-23(22)18-5-1-2-6-19(18)24-29-31-32-30-24)14-33(25(34)37-17-8-9-17)15-27(39-26(35)36)11-3-4-12-27/h1-2,5-7,10,13,17H,3-4,8-9,11-12,14-15H2,(H,35,36)(H,29,30,31,32). The summed E-state index contributed by atoms with van der Waals surface area (Å²) in [6.07, 6.45) is 2.67. The number of carboxylic acid groups (broad SMARTS) is 1. The van der Waals surface area contributed by atoms with E-state index in [2.05, 4.69) is 36.6 Å². The maximum atomic E-state index is 13.1. The van der Waals surface area contributed by atoms with Crippen molar-refractivity contribution in [3.8, 4) is 22.7 Å². The summed E-state index contributed by atoms with van der Waals surface area (Å²) in [5, 5.41) is 24.6. The topological polar surface area (TPSA) is 144 Å². The molecule has 0 aliphatic heterocycles. The van der Waals surface area contributed by atoms with Gasteiger partial charge in [0.2, 0.25) is 5.82 Å². The molecule has 0 radical (unpaired) electrons. The number of furan rings is 1. The number of amides is 1. The van der Waals surface area contributed by atoms with Gasteiger partial charge >= 0.3 is 12.2 Å². The summed E-state index contributed by atoms with van der Waals surface area (Å²) >= 11 is 3.71. The molecule has 0 spiro atoms. The Hall–Kier alpha value is -3.93. The van der Waals surface area contributed by atoms with E-state index in [9.17, 15) is 14.7 Å². The number of aromatic nitrogens is 4. The molecule has 0 unspecified atom stereocenters. The zero-order valence-corrected chi connectivity index (χ0v) is 22.5. The summed E-state index contributed by atoms with van der Waals surface area (Å²) in [6, 6.07) is 13.3. The Balaban J connectivity index is 1.31. The third-order valence-electron chi connectivity index (χ3n) is 7.17. The van der Waals surface area contributed by atoms with Gasteiger partial charge in [-0.25, -0.2) is 9.59 Å². The number of nitrogens with zero attached hydrogens (tertiary/aromatic N) is 4. The second-order valence-electron chi connectivity index (χ2n) is 10.1. The van der Waals surface area contributed by atoms with Crippen LogP contribution in [0.25, 0.3) is 33.7 Å². The summed E-state index contributed by atoms with van der Waals surface area (Å²) in [5.74, 6) is 1.07. The Morgan fingerprint density at radius 3 is 2.62 bits per heavy atom. The average molecular weight is 596 g/mol. The monoisotopic (exact) mass is 595 g/mol. The minimum absolute atomic E-state index is 0.0766. The van der Waals surface area contributed by atoms with Crippen LogP contribution in [0.3, 0.4) is 0 Å². The predicted octanol–water partition coefficient (Wildman–Crippen LogP) is 6.15. The first-order chi connectivity index (χ1) is 18.9. The van der Waals surface area contributed by atoms with Crippen molar-refractivity contribution >= 4 is 39.1 Å². The summed E-state index contributed by atoms with van der Waals surface area (Å²) in [4.78, 5) is 26.2. The smallest absolute Gasteiger partial charge is 0.455 e. The van der Waals surface area contributed by atoms with Gasteiger partial charge in [0, 0.05) is 23.1 Å². The van der Waals surface area contributed by atoms with Gasteiger partial charge in [0.25, 0.3) is 0 Å². The first-order valence-electron chi connectivity index (χ1n) is 12.8. The number of tetrazole rings is 1. The van der Waals surface area contributed by atoms with Crippen LogP contribution in [0.4, 0.5) is 9.59 Å². The number of hydrogen-bond donors (Lipinski definition) is 2. The Bertz CT molecular complexity index is 1510. The first-order valence-corrected chi connectivity index (χ1v) is 13.6. The average Bonchev–Trinajstić information content (AvgIpc) is 3.28. The van der Waals surface area contributed by atoms with Crippen molar-refractivity contribution in [3.05, 3.63) is 52.5 Å². The van der Waals surface area contributed by atoms with E-state index in [-0.39, 0.29) is 19.2 Å². The van der Waals surface area contributed by atoms with Crippen LogP contribution in [0, 0.1) is 0 Å². The highest BCUT2D eigenvalue weighted by Gasteiger charge is 2.42. The van der Waals surface area contributed by atoms with Crippen LogP contribution in [0.5, 0.6) is 0 Å². The number of halogens is 1. The van der Waals surface area contributed by atoms with Crippen LogP contribution < -0.4 is 0 Å². The second-order valence-corrected chi connectivity index (χ2v) is 10.8. The largest absolute Gasteiger partial charge is 0.506 e. The summed E-state index contributed by atoms with van der Waals surface area (Å²) in [6.45, 7) is 0.372. The molecule has 39 heavy (non-hydrogen) atoms.